The summed E-state index contributed by atoms with van der Waals surface area (Å²) in [6, 6.07) is 11.5. The molecular formula is C23H25FN2O4. The number of hydrogen-bond donors (Lipinski definition) is 2. The molecule has 1 aliphatic rings. The number of hydrazine groups is 1. The number of nitrogens with one attached hydrogen (secondary N) is 2. The van der Waals surface area contributed by atoms with Gasteiger partial charge >= 0.3 is 0 Å². The van der Waals surface area contributed by atoms with E-state index in [9.17, 15) is 18.8 Å². The molecule has 0 saturated carbocycles. The van der Waals surface area contributed by atoms with Crippen molar-refractivity contribution in [3.8, 4) is 5.75 Å². The van der Waals surface area contributed by atoms with Crippen molar-refractivity contribution in [3.05, 3.63) is 65.0 Å². The number of para-hydroxylation sites is 1. The van der Waals surface area contributed by atoms with E-state index in [0.29, 0.717) is 5.56 Å². The monoisotopic (exact) mass is 412 g/mol. The minimum Gasteiger partial charge on any atom is -0.478 e. The lowest BCUT2D eigenvalue weighted by Crippen LogP contribution is -2.47. The average Bonchev–Trinajstić information content (AvgIpc) is 2.76. The summed E-state index contributed by atoms with van der Waals surface area (Å²) in [6.07, 6.45) is 3.31. The predicted octanol–water partition coefficient (Wildman–Crippen LogP) is 3.28. The van der Waals surface area contributed by atoms with Crippen molar-refractivity contribution >= 4 is 17.6 Å². The molecule has 2 N–H and O–H groups in total. The van der Waals surface area contributed by atoms with Gasteiger partial charge in [-0.1, -0.05) is 24.3 Å². The van der Waals surface area contributed by atoms with Crippen LogP contribution in [0, 0.1) is 5.82 Å². The molecule has 0 heterocycles. The number of amides is 2. The summed E-state index contributed by atoms with van der Waals surface area (Å²) in [5.41, 5.74) is 7.61. The van der Waals surface area contributed by atoms with Crippen LogP contribution in [0.4, 0.5) is 4.39 Å². The molecule has 2 aromatic carbocycles. The number of aryl methyl sites for hydroxylation is 2. The zero-order chi connectivity index (χ0) is 21.5. The number of rotatable bonds is 7. The number of carbonyl (C=O) groups is 3. The number of carbonyl (C=O) groups excluding carboxylic acids is 3. The first-order valence-electron chi connectivity index (χ1n) is 10.1. The summed E-state index contributed by atoms with van der Waals surface area (Å²) in [4.78, 5) is 36.4. The van der Waals surface area contributed by atoms with Crippen LogP contribution in [0.3, 0.4) is 0 Å². The standard InChI is InChI=1S/C23H25FN2O4/c1-15(30-21-9-5-4-8-19(21)24)23(29)26-25-22(28)13-12-20(27)18-11-10-16-6-2-3-7-17(16)14-18/h4-5,8-11,14-15H,2-3,6-7,12-13H2,1H3,(H,25,28)(H,26,29)/t15-/m0/s1. The molecule has 6 nitrogen and oxygen atoms in total. The Morgan fingerprint density at radius 1 is 1.00 bits per heavy atom. The van der Waals surface area contributed by atoms with E-state index in [1.165, 1.54) is 42.7 Å². The van der Waals surface area contributed by atoms with Gasteiger partial charge in [0.05, 0.1) is 0 Å². The van der Waals surface area contributed by atoms with Gasteiger partial charge in [0.1, 0.15) is 0 Å². The van der Waals surface area contributed by atoms with Gasteiger partial charge < -0.3 is 4.74 Å². The van der Waals surface area contributed by atoms with Gasteiger partial charge in [-0.2, -0.15) is 0 Å². The first-order valence-corrected chi connectivity index (χ1v) is 10.1. The lowest BCUT2D eigenvalue weighted by molar-refractivity contribution is -0.132. The summed E-state index contributed by atoms with van der Waals surface area (Å²) in [5.74, 6) is -1.87. The molecule has 0 fully saturated rings. The van der Waals surface area contributed by atoms with Gasteiger partial charge in [-0.25, -0.2) is 4.39 Å². The number of fused-ring (bicyclic) bond motifs is 1. The summed E-state index contributed by atoms with van der Waals surface area (Å²) < 4.78 is 18.8. The van der Waals surface area contributed by atoms with E-state index >= 15 is 0 Å². The van der Waals surface area contributed by atoms with E-state index in [2.05, 4.69) is 10.9 Å². The zero-order valence-electron chi connectivity index (χ0n) is 16.9. The number of halogens is 1. The molecule has 158 valence electrons. The smallest absolute Gasteiger partial charge is 0.279 e. The number of ether oxygens (including phenoxy) is 1. The second-order valence-corrected chi connectivity index (χ2v) is 7.34. The van der Waals surface area contributed by atoms with Gasteiger partial charge in [-0.05, 0) is 61.9 Å². The van der Waals surface area contributed by atoms with Gasteiger partial charge in [-0.15, -0.1) is 0 Å². The molecule has 1 aliphatic carbocycles. The number of hydrogen-bond acceptors (Lipinski definition) is 4. The highest BCUT2D eigenvalue weighted by atomic mass is 19.1. The third kappa shape index (κ3) is 5.65. The molecule has 2 amide bonds. The van der Waals surface area contributed by atoms with E-state index in [-0.39, 0.29) is 24.4 Å². The van der Waals surface area contributed by atoms with Crippen molar-refractivity contribution < 1.29 is 23.5 Å². The van der Waals surface area contributed by atoms with Gasteiger partial charge in [0, 0.05) is 18.4 Å². The topological polar surface area (TPSA) is 84.5 Å². The van der Waals surface area contributed by atoms with Crippen LogP contribution in [-0.4, -0.2) is 23.7 Å². The molecule has 2 aromatic rings. The van der Waals surface area contributed by atoms with E-state index < -0.39 is 23.7 Å². The quantitative estimate of drug-likeness (QED) is 0.540. The average molecular weight is 412 g/mol. The van der Waals surface area contributed by atoms with E-state index in [0.717, 1.165) is 19.3 Å². The molecule has 0 aromatic heterocycles. The molecular weight excluding hydrogens is 387 g/mol. The number of Topliss-reactive ketones (excluding diaryl/α,β-unsaturated/α-hetero) is 1. The fraction of sp³-hybridized carbons (Fsp3) is 0.348. The first kappa shape index (κ1) is 21.5. The van der Waals surface area contributed by atoms with Gasteiger partial charge in [0.2, 0.25) is 5.91 Å². The summed E-state index contributed by atoms with van der Waals surface area (Å²) in [6.45, 7) is 1.44. The minimum absolute atomic E-state index is 0.0434. The fourth-order valence-electron chi connectivity index (χ4n) is 3.36. The van der Waals surface area contributed by atoms with E-state index in [1.54, 1.807) is 6.07 Å². The van der Waals surface area contributed by atoms with Crippen molar-refractivity contribution in [1.29, 1.82) is 0 Å². The second kappa shape index (κ2) is 10.0. The highest BCUT2D eigenvalue weighted by Crippen LogP contribution is 2.23. The summed E-state index contributed by atoms with van der Waals surface area (Å²) in [5, 5.41) is 0. The van der Waals surface area contributed by atoms with Gasteiger partial charge in [0.25, 0.3) is 5.91 Å². The Hall–Kier alpha value is -3.22. The highest BCUT2D eigenvalue weighted by molar-refractivity contribution is 5.98. The Labute approximate surface area is 174 Å². The van der Waals surface area contributed by atoms with Crippen LogP contribution in [-0.2, 0) is 22.4 Å². The lowest BCUT2D eigenvalue weighted by atomic mass is 9.89. The lowest BCUT2D eigenvalue weighted by Gasteiger charge is -2.16. The second-order valence-electron chi connectivity index (χ2n) is 7.34. The van der Waals surface area contributed by atoms with Crippen molar-refractivity contribution in [2.24, 2.45) is 0 Å². The minimum atomic E-state index is -1.01. The summed E-state index contributed by atoms with van der Waals surface area (Å²) in [7, 11) is 0. The maximum absolute atomic E-state index is 13.6. The van der Waals surface area contributed by atoms with Crippen LogP contribution in [0.15, 0.2) is 42.5 Å². The Kier molecular flexibility index (Phi) is 7.17. The van der Waals surface area contributed by atoms with Crippen molar-refractivity contribution in [3.63, 3.8) is 0 Å². The predicted molar refractivity (Wildman–Crippen MR) is 109 cm³/mol. The number of ketones is 1. The first-order chi connectivity index (χ1) is 14.4. The molecule has 7 heteroatoms. The molecule has 0 spiro atoms. The zero-order valence-corrected chi connectivity index (χ0v) is 16.9. The number of benzene rings is 2. The van der Waals surface area contributed by atoms with Crippen molar-refractivity contribution in [2.75, 3.05) is 0 Å². The summed E-state index contributed by atoms with van der Waals surface area (Å²) >= 11 is 0. The molecule has 0 radical (unpaired) electrons. The molecule has 0 unspecified atom stereocenters. The molecule has 3 rings (SSSR count). The third-order valence-electron chi connectivity index (χ3n) is 5.08. The molecule has 0 aliphatic heterocycles. The highest BCUT2D eigenvalue weighted by Gasteiger charge is 2.18. The molecule has 0 bridgehead atoms. The maximum Gasteiger partial charge on any atom is 0.279 e. The third-order valence-corrected chi connectivity index (χ3v) is 5.08. The fourth-order valence-corrected chi connectivity index (χ4v) is 3.36. The van der Waals surface area contributed by atoms with Gasteiger partial charge in [0.15, 0.2) is 23.5 Å². The van der Waals surface area contributed by atoms with Crippen LogP contribution < -0.4 is 15.6 Å². The normalized spacial score (nSPS) is 13.7. The van der Waals surface area contributed by atoms with Crippen LogP contribution in [0.1, 0.15) is 54.1 Å². The molecule has 30 heavy (non-hydrogen) atoms. The van der Waals surface area contributed by atoms with Crippen LogP contribution >= 0.6 is 0 Å². The molecule has 1 atom stereocenters. The largest absolute Gasteiger partial charge is 0.478 e. The Bertz CT molecular complexity index is 945. The maximum atomic E-state index is 13.6. The SMILES string of the molecule is C[C@H](Oc1ccccc1F)C(=O)NNC(=O)CCC(=O)c1ccc2c(c1)CCCC2. The van der Waals surface area contributed by atoms with Crippen LogP contribution in [0.25, 0.3) is 0 Å². The van der Waals surface area contributed by atoms with Crippen molar-refractivity contribution in [1.82, 2.24) is 10.9 Å². The van der Waals surface area contributed by atoms with Gasteiger partial charge in [-0.3, -0.25) is 25.2 Å². The molecule has 0 saturated heterocycles. The Balaban J connectivity index is 1.42. The Morgan fingerprint density at radius 3 is 2.50 bits per heavy atom. The van der Waals surface area contributed by atoms with E-state index in [4.69, 9.17) is 4.74 Å². The van der Waals surface area contributed by atoms with E-state index in [1.807, 2.05) is 18.2 Å². The van der Waals surface area contributed by atoms with Crippen molar-refractivity contribution in [2.45, 2.75) is 51.6 Å². The van der Waals surface area contributed by atoms with Crippen LogP contribution in [0.2, 0.25) is 0 Å². The van der Waals surface area contributed by atoms with Crippen LogP contribution in [0.5, 0.6) is 5.75 Å². The Morgan fingerprint density at radius 2 is 1.73 bits per heavy atom.